The van der Waals surface area contributed by atoms with Crippen LogP contribution in [0, 0.1) is 5.82 Å². The van der Waals surface area contributed by atoms with Gasteiger partial charge in [-0.05, 0) is 28.1 Å². The summed E-state index contributed by atoms with van der Waals surface area (Å²) in [5.41, 5.74) is 6.13. The molecule has 15 heavy (non-hydrogen) atoms. The van der Waals surface area contributed by atoms with Gasteiger partial charge in [-0.2, -0.15) is 5.10 Å². The molecule has 0 aliphatic carbocycles. The Kier molecular flexibility index (Phi) is 2.67. The minimum Gasteiger partial charge on any atom is -0.380 e. The fourth-order valence-corrected chi connectivity index (χ4v) is 1.61. The summed E-state index contributed by atoms with van der Waals surface area (Å²) in [6, 6.07) is 5.07. The number of halogens is 3. The van der Waals surface area contributed by atoms with Gasteiger partial charge < -0.3 is 5.73 Å². The van der Waals surface area contributed by atoms with E-state index in [0.717, 1.165) is 4.47 Å². The Bertz CT molecular complexity index is 512. The molecule has 2 rings (SSSR count). The number of hydrogen-bond acceptors (Lipinski definition) is 2. The van der Waals surface area contributed by atoms with E-state index in [9.17, 15) is 4.39 Å². The Morgan fingerprint density at radius 1 is 1.47 bits per heavy atom. The van der Waals surface area contributed by atoms with Crippen LogP contribution in [0.15, 0.2) is 22.7 Å². The van der Waals surface area contributed by atoms with Crippen molar-refractivity contribution in [2.24, 2.45) is 0 Å². The molecule has 3 N–H and O–H groups in total. The molecular formula is C9H6BrClFN3. The molecule has 0 saturated heterocycles. The molecule has 0 amide bonds. The van der Waals surface area contributed by atoms with Gasteiger partial charge in [0, 0.05) is 10.0 Å². The topological polar surface area (TPSA) is 54.7 Å². The number of anilines is 1. The van der Waals surface area contributed by atoms with Crippen molar-refractivity contribution in [1.82, 2.24) is 10.2 Å². The summed E-state index contributed by atoms with van der Waals surface area (Å²) in [6.45, 7) is 0. The first-order valence-corrected chi connectivity index (χ1v) is 5.21. The molecule has 0 atom stereocenters. The quantitative estimate of drug-likeness (QED) is 0.847. The molecule has 0 bridgehead atoms. The second-order valence-corrected chi connectivity index (χ2v) is 4.19. The maximum Gasteiger partial charge on any atom is 0.192 e. The van der Waals surface area contributed by atoms with Gasteiger partial charge in [-0.15, -0.1) is 0 Å². The van der Waals surface area contributed by atoms with E-state index in [2.05, 4.69) is 26.1 Å². The van der Waals surface area contributed by atoms with Crippen LogP contribution in [0.25, 0.3) is 11.3 Å². The van der Waals surface area contributed by atoms with Crippen molar-refractivity contribution >= 4 is 33.3 Å². The van der Waals surface area contributed by atoms with Crippen LogP contribution in [0.4, 0.5) is 10.2 Å². The highest BCUT2D eigenvalue weighted by Crippen LogP contribution is 2.30. The van der Waals surface area contributed by atoms with Crippen LogP contribution in [0.3, 0.4) is 0 Å². The first-order valence-electron chi connectivity index (χ1n) is 4.04. The molecule has 1 heterocycles. The smallest absolute Gasteiger partial charge is 0.192 e. The Balaban J connectivity index is 2.55. The first kappa shape index (κ1) is 10.4. The third kappa shape index (κ3) is 1.85. The lowest BCUT2D eigenvalue weighted by Crippen LogP contribution is -1.87. The number of nitrogens with one attached hydrogen (secondary N) is 1. The van der Waals surface area contributed by atoms with Crippen molar-refractivity contribution in [1.29, 1.82) is 0 Å². The lowest BCUT2D eigenvalue weighted by molar-refractivity contribution is 0.636. The summed E-state index contributed by atoms with van der Waals surface area (Å²) >= 11 is 9.14. The summed E-state index contributed by atoms with van der Waals surface area (Å²) in [5, 5.41) is 6.58. The Labute approximate surface area is 98.6 Å². The Morgan fingerprint density at radius 3 is 2.73 bits per heavy atom. The van der Waals surface area contributed by atoms with Crippen LogP contribution in [0.1, 0.15) is 0 Å². The largest absolute Gasteiger partial charge is 0.380 e. The standard InChI is InChI=1S/C9H6BrClFN3/c10-5-2-1-4(3-6(5)11)8-7(12)9(13)15-14-8/h1-3H,(H3,13,14,15). The Morgan fingerprint density at radius 2 is 2.20 bits per heavy atom. The van der Waals surface area contributed by atoms with Crippen LogP contribution in [0.5, 0.6) is 0 Å². The van der Waals surface area contributed by atoms with E-state index in [-0.39, 0.29) is 11.5 Å². The number of hydrogen-bond donors (Lipinski definition) is 2. The number of nitrogens with two attached hydrogens (primary N) is 1. The van der Waals surface area contributed by atoms with Gasteiger partial charge in [0.1, 0.15) is 5.69 Å². The van der Waals surface area contributed by atoms with E-state index in [4.69, 9.17) is 17.3 Å². The monoisotopic (exact) mass is 289 g/mol. The first-order chi connectivity index (χ1) is 7.09. The number of H-pyrrole nitrogens is 1. The molecule has 0 saturated carbocycles. The highest BCUT2D eigenvalue weighted by Gasteiger charge is 2.12. The highest BCUT2D eigenvalue weighted by atomic mass is 79.9. The molecule has 3 nitrogen and oxygen atoms in total. The molecule has 2 aromatic rings. The second-order valence-electron chi connectivity index (χ2n) is 2.93. The number of nitrogens with zero attached hydrogens (tertiary/aromatic N) is 1. The zero-order valence-corrected chi connectivity index (χ0v) is 9.73. The third-order valence-corrected chi connectivity index (χ3v) is 3.17. The molecule has 1 aromatic heterocycles. The fourth-order valence-electron chi connectivity index (χ4n) is 1.19. The number of aromatic amines is 1. The average Bonchev–Trinajstić information content (AvgIpc) is 2.53. The molecular weight excluding hydrogens is 284 g/mol. The average molecular weight is 291 g/mol. The van der Waals surface area contributed by atoms with Crippen LogP contribution in [-0.2, 0) is 0 Å². The number of aromatic nitrogens is 2. The Hall–Kier alpha value is -1.07. The van der Waals surface area contributed by atoms with Gasteiger partial charge in [0.2, 0.25) is 0 Å². The van der Waals surface area contributed by atoms with Crippen LogP contribution < -0.4 is 5.73 Å². The summed E-state index contributed by atoms with van der Waals surface area (Å²) in [4.78, 5) is 0. The van der Waals surface area contributed by atoms with E-state index < -0.39 is 5.82 Å². The molecule has 0 radical (unpaired) electrons. The molecule has 0 aliphatic rings. The van der Waals surface area contributed by atoms with Crippen molar-refractivity contribution in [3.05, 3.63) is 33.5 Å². The van der Waals surface area contributed by atoms with Gasteiger partial charge in [0.05, 0.1) is 5.02 Å². The lowest BCUT2D eigenvalue weighted by atomic mass is 10.1. The minimum absolute atomic E-state index is 0.149. The van der Waals surface area contributed by atoms with E-state index >= 15 is 0 Å². The van der Waals surface area contributed by atoms with Gasteiger partial charge in [-0.3, -0.25) is 5.10 Å². The maximum atomic E-state index is 13.4. The van der Waals surface area contributed by atoms with Crippen molar-refractivity contribution in [2.45, 2.75) is 0 Å². The number of nitrogen functional groups attached to an aromatic ring is 1. The molecule has 0 fully saturated rings. The summed E-state index contributed by atoms with van der Waals surface area (Å²) in [5.74, 6) is -0.711. The molecule has 6 heteroatoms. The number of benzene rings is 1. The van der Waals surface area contributed by atoms with Gasteiger partial charge >= 0.3 is 0 Å². The molecule has 0 unspecified atom stereocenters. The SMILES string of the molecule is Nc1n[nH]c(-c2ccc(Br)c(Cl)c2)c1F. The third-order valence-electron chi connectivity index (χ3n) is 1.94. The minimum atomic E-state index is -0.562. The van der Waals surface area contributed by atoms with Crippen molar-refractivity contribution in [3.8, 4) is 11.3 Å². The van der Waals surface area contributed by atoms with Crippen molar-refractivity contribution in [2.75, 3.05) is 5.73 Å². The van der Waals surface area contributed by atoms with Crippen molar-refractivity contribution in [3.63, 3.8) is 0 Å². The van der Waals surface area contributed by atoms with Crippen LogP contribution in [0.2, 0.25) is 5.02 Å². The van der Waals surface area contributed by atoms with E-state index in [0.29, 0.717) is 10.6 Å². The van der Waals surface area contributed by atoms with E-state index in [1.54, 1.807) is 18.2 Å². The van der Waals surface area contributed by atoms with Crippen molar-refractivity contribution < 1.29 is 4.39 Å². The molecule has 0 aliphatic heterocycles. The fraction of sp³-hybridized carbons (Fsp3) is 0. The summed E-state index contributed by atoms with van der Waals surface area (Å²) in [7, 11) is 0. The van der Waals surface area contributed by atoms with Gasteiger partial charge in [0.25, 0.3) is 0 Å². The van der Waals surface area contributed by atoms with Gasteiger partial charge in [0.15, 0.2) is 11.6 Å². The highest BCUT2D eigenvalue weighted by molar-refractivity contribution is 9.10. The summed E-state index contributed by atoms with van der Waals surface area (Å²) < 4.78 is 14.2. The molecule has 0 spiro atoms. The van der Waals surface area contributed by atoms with E-state index in [1.807, 2.05) is 0 Å². The molecule has 78 valence electrons. The van der Waals surface area contributed by atoms with Crippen LogP contribution >= 0.6 is 27.5 Å². The van der Waals surface area contributed by atoms with E-state index in [1.165, 1.54) is 0 Å². The predicted octanol–water partition coefficient (Wildman–Crippen LogP) is 3.21. The number of rotatable bonds is 1. The van der Waals surface area contributed by atoms with Crippen LogP contribution in [-0.4, -0.2) is 10.2 Å². The van der Waals surface area contributed by atoms with Gasteiger partial charge in [-0.1, -0.05) is 17.7 Å². The summed E-state index contributed by atoms with van der Waals surface area (Å²) in [6.07, 6.45) is 0. The van der Waals surface area contributed by atoms with Gasteiger partial charge in [-0.25, -0.2) is 4.39 Å². The zero-order chi connectivity index (χ0) is 11.0. The molecule has 1 aromatic carbocycles. The predicted molar refractivity (Wildman–Crippen MR) is 61.1 cm³/mol. The zero-order valence-electron chi connectivity index (χ0n) is 7.39. The normalized spacial score (nSPS) is 10.6. The second kappa shape index (κ2) is 3.83. The maximum absolute atomic E-state index is 13.4. The lowest BCUT2D eigenvalue weighted by Gasteiger charge is -2.00.